The van der Waals surface area contributed by atoms with Crippen LogP contribution in [-0.4, -0.2) is 36.8 Å². The Morgan fingerprint density at radius 3 is 2.45 bits per heavy atom. The van der Waals surface area contributed by atoms with E-state index in [0.717, 1.165) is 22.8 Å². The lowest BCUT2D eigenvalue weighted by molar-refractivity contribution is -0.132. The SMILES string of the molecule is CCCOc1ccc2ccccc2c1/C=N\NC(=O)[C@@H](CC(C)C)NC(=O)[C@H](C)Oc1ccc(Cl)cc1Cl. The van der Waals surface area contributed by atoms with E-state index < -0.39 is 24.0 Å². The van der Waals surface area contributed by atoms with Gasteiger partial charge in [0.2, 0.25) is 0 Å². The summed E-state index contributed by atoms with van der Waals surface area (Å²) in [5.74, 6) is 0.261. The fourth-order valence-electron chi connectivity index (χ4n) is 3.79. The van der Waals surface area contributed by atoms with Crippen LogP contribution in [0.25, 0.3) is 10.8 Å². The fraction of sp³-hybridized carbons (Fsp3) is 0.345. The first-order valence-electron chi connectivity index (χ1n) is 12.6. The predicted molar refractivity (Wildman–Crippen MR) is 153 cm³/mol. The van der Waals surface area contributed by atoms with Gasteiger partial charge < -0.3 is 14.8 Å². The van der Waals surface area contributed by atoms with Gasteiger partial charge in [0.15, 0.2) is 6.10 Å². The maximum atomic E-state index is 13.1. The van der Waals surface area contributed by atoms with Gasteiger partial charge in [-0.1, -0.05) is 74.3 Å². The molecule has 3 aromatic rings. The minimum Gasteiger partial charge on any atom is -0.493 e. The molecule has 202 valence electrons. The Hall–Kier alpha value is -3.29. The van der Waals surface area contributed by atoms with Gasteiger partial charge >= 0.3 is 0 Å². The summed E-state index contributed by atoms with van der Waals surface area (Å²) in [4.78, 5) is 25.9. The van der Waals surface area contributed by atoms with Gasteiger partial charge in [-0.25, -0.2) is 5.43 Å². The molecule has 2 atom stereocenters. The molecule has 0 aromatic heterocycles. The number of hydrazone groups is 1. The van der Waals surface area contributed by atoms with Gasteiger partial charge in [0.1, 0.15) is 17.5 Å². The monoisotopic (exact) mass is 557 g/mol. The lowest BCUT2D eigenvalue weighted by Gasteiger charge is -2.22. The zero-order valence-electron chi connectivity index (χ0n) is 22.0. The Bertz CT molecular complexity index is 1300. The smallest absolute Gasteiger partial charge is 0.262 e. The second-order valence-corrected chi connectivity index (χ2v) is 10.2. The highest BCUT2D eigenvalue weighted by Crippen LogP contribution is 2.29. The highest BCUT2D eigenvalue weighted by Gasteiger charge is 2.25. The van der Waals surface area contributed by atoms with Gasteiger partial charge in [0.25, 0.3) is 11.8 Å². The van der Waals surface area contributed by atoms with Crippen molar-refractivity contribution in [3.8, 4) is 11.5 Å². The van der Waals surface area contributed by atoms with Crippen molar-refractivity contribution in [1.29, 1.82) is 0 Å². The molecule has 0 radical (unpaired) electrons. The summed E-state index contributed by atoms with van der Waals surface area (Å²) in [5.41, 5.74) is 3.34. The summed E-state index contributed by atoms with van der Waals surface area (Å²) in [6.07, 6.45) is 1.96. The number of nitrogens with one attached hydrogen (secondary N) is 2. The number of hydrogen-bond acceptors (Lipinski definition) is 5. The molecular weight excluding hydrogens is 525 g/mol. The van der Waals surface area contributed by atoms with E-state index in [1.165, 1.54) is 6.07 Å². The average Bonchev–Trinajstić information content (AvgIpc) is 2.88. The number of rotatable bonds is 12. The molecule has 3 rings (SSSR count). The maximum absolute atomic E-state index is 13.1. The van der Waals surface area contributed by atoms with Gasteiger partial charge in [-0.2, -0.15) is 5.10 Å². The van der Waals surface area contributed by atoms with Gasteiger partial charge in [-0.05, 0) is 60.7 Å². The minimum atomic E-state index is -0.895. The highest BCUT2D eigenvalue weighted by molar-refractivity contribution is 6.35. The Kier molecular flexibility index (Phi) is 10.8. The van der Waals surface area contributed by atoms with Crippen LogP contribution in [0.15, 0.2) is 59.7 Å². The number of benzene rings is 3. The van der Waals surface area contributed by atoms with Crippen molar-refractivity contribution >= 4 is 52.0 Å². The second-order valence-electron chi connectivity index (χ2n) is 9.31. The number of ether oxygens (including phenoxy) is 2. The van der Waals surface area contributed by atoms with Crippen molar-refractivity contribution in [2.45, 2.75) is 52.7 Å². The van der Waals surface area contributed by atoms with Gasteiger partial charge in [-0.3, -0.25) is 9.59 Å². The normalized spacial score (nSPS) is 12.9. The molecule has 3 aromatic carbocycles. The first-order chi connectivity index (χ1) is 18.2. The van der Waals surface area contributed by atoms with E-state index in [9.17, 15) is 9.59 Å². The predicted octanol–water partition coefficient (Wildman–Crippen LogP) is 6.38. The molecule has 0 bridgehead atoms. The molecule has 0 unspecified atom stereocenters. The Morgan fingerprint density at radius 2 is 1.74 bits per heavy atom. The summed E-state index contributed by atoms with van der Waals surface area (Å²) in [6.45, 7) is 8.12. The standard InChI is InChI=1S/C29H33Cl2N3O4/c1-5-14-37-26-12-10-20-8-6-7-9-22(20)23(26)17-32-34-29(36)25(15-18(2)3)33-28(35)19(4)38-27-13-11-21(30)16-24(27)31/h6-13,16-19,25H,5,14-15H2,1-4H3,(H,33,35)(H,34,36)/b32-17-/t19-,25+/m0/s1. The van der Waals surface area contributed by atoms with Crippen LogP contribution in [-0.2, 0) is 9.59 Å². The van der Waals surface area contributed by atoms with Gasteiger partial charge in [-0.15, -0.1) is 0 Å². The van der Waals surface area contributed by atoms with Crippen LogP contribution >= 0.6 is 23.2 Å². The van der Waals surface area contributed by atoms with Crippen LogP contribution in [0.3, 0.4) is 0 Å². The summed E-state index contributed by atoms with van der Waals surface area (Å²) in [5, 5.41) is 9.72. The van der Waals surface area contributed by atoms with E-state index in [4.69, 9.17) is 32.7 Å². The third-order valence-corrected chi connectivity index (χ3v) is 6.20. The summed E-state index contributed by atoms with van der Waals surface area (Å²) in [6, 6.07) is 15.7. The Morgan fingerprint density at radius 1 is 1.00 bits per heavy atom. The molecule has 0 aliphatic carbocycles. The molecule has 0 spiro atoms. The number of nitrogens with zero attached hydrogens (tertiary/aromatic N) is 1. The van der Waals surface area contributed by atoms with Crippen LogP contribution < -0.4 is 20.2 Å². The lowest BCUT2D eigenvalue weighted by Crippen LogP contribution is -2.49. The van der Waals surface area contributed by atoms with E-state index in [0.29, 0.717) is 34.6 Å². The summed E-state index contributed by atoms with van der Waals surface area (Å²) < 4.78 is 11.6. The number of amides is 2. The zero-order valence-corrected chi connectivity index (χ0v) is 23.5. The third-order valence-electron chi connectivity index (χ3n) is 5.67. The average molecular weight is 559 g/mol. The van der Waals surface area contributed by atoms with Crippen LogP contribution in [0.1, 0.15) is 46.1 Å². The van der Waals surface area contributed by atoms with Crippen LogP contribution in [0.2, 0.25) is 10.0 Å². The number of fused-ring (bicyclic) bond motifs is 1. The van der Waals surface area contributed by atoms with E-state index in [-0.39, 0.29) is 5.92 Å². The molecule has 7 nitrogen and oxygen atoms in total. The summed E-state index contributed by atoms with van der Waals surface area (Å²) in [7, 11) is 0. The number of carbonyl (C=O) groups excluding carboxylic acids is 2. The van der Waals surface area contributed by atoms with Crippen LogP contribution in [0, 0.1) is 5.92 Å². The maximum Gasteiger partial charge on any atom is 0.262 e. The first-order valence-corrected chi connectivity index (χ1v) is 13.3. The third kappa shape index (κ3) is 8.10. The van der Waals surface area contributed by atoms with Crippen molar-refractivity contribution < 1.29 is 19.1 Å². The molecule has 0 fully saturated rings. The van der Waals surface area contributed by atoms with Gasteiger partial charge in [0, 0.05) is 10.6 Å². The summed E-state index contributed by atoms with van der Waals surface area (Å²) >= 11 is 12.1. The van der Waals surface area contributed by atoms with Crippen LogP contribution in [0.5, 0.6) is 11.5 Å². The van der Waals surface area contributed by atoms with Crippen molar-refractivity contribution in [3.63, 3.8) is 0 Å². The molecule has 2 N–H and O–H groups in total. The number of carbonyl (C=O) groups is 2. The molecule has 0 aliphatic heterocycles. The fourth-order valence-corrected chi connectivity index (χ4v) is 4.24. The molecule has 38 heavy (non-hydrogen) atoms. The largest absolute Gasteiger partial charge is 0.493 e. The van der Waals surface area contributed by atoms with E-state index in [2.05, 4.69) is 15.8 Å². The van der Waals surface area contributed by atoms with Crippen molar-refractivity contribution in [1.82, 2.24) is 10.7 Å². The minimum absolute atomic E-state index is 0.143. The van der Waals surface area contributed by atoms with E-state index in [1.54, 1.807) is 25.3 Å². The van der Waals surface area contributed by atoms with Crippen molar-refractivity contribution in [2.75, 3.05) is 6.61 Å². The molecule has 0 saturated carbocycles. The second kappa shape index (κ2) is 14.0. The number of halogens is 2. The molecule has 0 heterocycles. The van der Waals surface area contributed by atoms with Crippen LogP contribution in [0.4, 0.5) is 0 Å². The highest BCUT2D eigenvalue weighted by atomic mass is 35.5. The number of hydrogen-bond donors (Lipinski definition) is 2. The van der Waals surface area contributed by atoms with E-state index in [1.807, 2.05) is 57.2 Å². The Labute approximate surface area is 233 Å². The molecule has 0 aliphatic rings. The molecule has 0 saturated heterocycles. The molecular formula is C29H33Cl2N3O4. The quantitative estimate of drug-likeness (QED) is 0.199. The molecule has 9 heteroatoms. The van der Waals surface area contributed by atoms with Gasteiger partial charge in [0.05, 0.1) is 17.8 Å². The Balaban J connectivity index is 1.72. The van der Waals surface area contributed by atoms with Crippen molar-refractivity contribution in [2.24, 2.45) is 11.0 Å². The lowest BCUT2D eigenvalue weighted by atomic mass is 10.0. The zero-order chi connectivity index (χ0) is 27.7. The van der Waals surface area contributed by atoms with Crippen molar-refractivity contribution in [3.05, 3.63) is 70.2 Å². The first kappa shape index (κ1) is 29.3. The van der Waals surface area contributed by atoms with E-state index >= 15 is 0 Å². The topological polar surface area (TPSA) is 89.0 Å². The molecule has 2 amide bonds.